The zero-order valence-electron chi connectivity index (χ0n) is 14.3. The van der Waals surface area contributed by atoms with E-state index in [2.05, 4.69) is 43.3 Å². The van der Waals surface area contributed by atoms with Crippen LogP contribution in [0.1, 0.15) is 62.3 Å². The van der Waals surface area contributed by atoms with Crippen LogP contribution in [0.15, 0.2) is 29.8 Å². The molecular weight excluding hydrogens is 250 g/mol. The fraction of sp³-hybridized carbons (Fsp3) is 0.588. The van der Waals surface area contributed by atoms with E-state index in [1.165, 1.54) is 5.39 Å². The van der Waals surface area contributed by atoms with Crippen LogP contribution in [0.2, 0.25) is 0 Å². The lowest BCUT2D eigenvalue weighted by Crippen LogP contribution is -1.66. The van der Waals surface area contributed by atoms with Gasteiger partial charge in [0.05, 0.1) is 0 Å². The van der Waals surface area contributed by atoms with E-state index < -0.39 is 0 Å². The van der Waals surface area contributed by atoms with Crippen molar-refractivity contribution >= 4 is 21.6 Å². The zero-order valence-corrected chi connectivity index (χ0v) is 15.1. The SMILES string of the molecule is CC.CC.CC.CC(C)C.c1cnc2sccc2c1. The number of hydrogen-bond donors (Lipinski definition) is 0. The molecule has 1 nitrogen and oxygen atoms in total. The molecule has 19 heavy (non-hydrogen) atoms. The quantitative estimate of drug-likeness (QED) is 0.505. The van der Waals surface area contributed by atoms with Crippen LogP contribution in [-0.2, 0) is 0 Å². The van der Waals surface area contributed by atoms with Crippen molar-refractivity contribution in [1.29, 1.82) is 0 Å². The van der Waals surface area contributed by atoms with Gasteiger partial charge in [-0.25, -0.2) is 4.98 Å². The molecular formula is C17H33NS. The molecule has 0 saturated heterocycles. The molecule has 0 unspecified atom stereocenters. The van der Waals surface area contributed by atoms with Gasteiger partial charge in [-0.05, 0) is 23.4 Å². The number of pyridine rings is 1. The molecule has 2 heterocycles. The Balaban J connectivity index is -0.000000220. The second kappa shape index (κ2) is 19.4. The molecule has 0 aliphatic carbocycles. The summed E-state index contributed by atoms with van der Waals surface area (Å²) < 4.78 is 0. The minimum Gasteiger partial charge on any atom is -0.245 e. The van der Waals surface area contributed by atoms with Crippen LogP contribution < -0.4 is 0 Å². The molecule has 2 heteroatoms. The summed E-state index contributed by atoms with van der Waals surface area (Å²) in [5, 5.41) is 3.29. The summed E-state index contributed by atoms with van der Waals surface area (Å²) in [6.07, 6.45) is 1.82. The summed E-state index contributed by atoms with van der Waals surface area (Å²) in [6.45, 7) is 18.5. The Morgan fingerprint density at radius 2 is 1.37 bits per heavy atom. The largest absolute Gasteiger partial charge is 0.245 e. The third kappa shape index (κ3) is 15.1. The maximum atomic E-state index is 4.16. The monoisotopic (exact) mass is 283 g/mol. The molecule has 0 aliphatic heterocycles. The van der Waals surface area contributed by atoms with Crippen molar-refractivity contribution in [2.45, 2.75) is 62.3 Å². The number of thiophene rings is 1. The van der Waals surface area contributed by atoms with E-state index in [4.69, 9.17) is 0 Å². The van der Waals surface area contributed by atoms with Crippen molar-refractivity contribution in [2.24, 2.45) is 5.92 Å². The highest BCUT2D eigenvalue weighted by molar-refractivity contribution is 7.16. The van der Waals surface area contributed by atoms with Crippen molar-refractivity contribution in [3.05, 3.63) is 29.8 Å². The Morgan fingerprint density at radius 3 is 1.79 bits per heavy atom. The molecule has 112 valence electrons. The summed E-state index contributed by atoms with van der Waals surface area (Å²) in [5.41, 5.74) is 0. The zero-order chi connectivity index (χ0) is 15.7. The number of hydrogen-bond acceptors (Lipinski definition) is 2. The highest BCUT2D eigenvalue weighted by Gasteiger charge is 1.89. The standard InChI is InChI=1S/C7H5NS.C4H10.3C2H6/c1-2-6-3-5-9-7(6)8-4-1;1-4(2)3;3*1-2/h1-5H;4H,1-3H3;3*1-2H3. The van der Waals surface area contributed by atoms with Crippen LogP contribution in [-0.4, -0.2) is 4.98 Å². The summed E-state index contributed by atoms with van der Waals surface area (Å²) in [4.78, 5) is 5.28. The van der Waals surface area contributed by atoms with Crippen molar-refractivity contribution in [3.63, 3.8) is 0 Å². The Bertz CT molecular complexity index is 320. The first-order valence-electron chi connectivity index (χ1n) is 7.48. The molecule has 0 fully saturated rings. The predicted molar refractivity (Wildman–Crippen MR) is 94.2 cm³/mol. The molecule has 0 aromatic carbocycles. The predicted octanol–water partition coefficient (Wildman–Crippen LogP) is 7.04. The highest BCUT2D eigenvalue weighted by Crippen LogP contribution is 2.15. The van der Waals surface area contributed by atoms with Gasteiger partial charge in [-0.1, -0.05) is 68.4 Å². The van der Waals surface area contributed by atoms with Gasteiger partial charge in [-0.3, -0.25) is 0 Å². The number of rotatable bonds is 0. The second-order valence-electron chi connectivity index (χ2n) is 3.55. The maximum absolute atomic E-state index is 4.16. The van der Waals surface area contributed by atoms with Crippen LogP contribution in [0.4, 0.5) is 0 Å². The van der Waals surface area contributed by atoms with Crippen LogP contribution in [0, 0.1) is 5.92 Å². The van der Waals surface area contributed by atoms with Gasteiger partial charge in [-0.15, -0.1) is 11.3 Å². The van der Waals surface area contributed by atoms with Gasteiger partial charge in [0.1, 0.15) is 4.83 Å². The highest BCUT2D eigenvalue weighted by atomic mass is 32.1. The van der Waals surface area contributed by atoms with E-state index in [0.29, 0.717) is 0 Å². The maximum Gasteiger partial charge on any atom is 0.123 e. The molecule has 0 atom stereocenters. The van der Waals surface area contributed by atoms with Crippen LogP contribution in [0.5, 0.6) is 0 Å². The van der Waals surface area contributed by atoms with Gasteiger partial charge in [0, 0.05) is 11.6 Å². The topological polar surface area (TPSA) is 12.9 Å². The molecule has 0 spiro atoms. The Kier molecular flexibility index (Phi) is 23.8. The summed E-state index contributed by atoms with van der Waals surface area (Å²) >= 11 is 1.68. The van der Waals surface area contributed by atoms with Gasteiger partial charge in [0.2, 0.25) is 0 Å². The van der Waals surface area contributed by atoms with E-state index >= 15 is 0 Å². The molecule has 2 aromatic rings. The van der Waals surface area contributed by atoms with E-state index in [9.17, 15) is 0 Å². The van der Waals surface area contributed by atoms with E-state index in [0.717, 1.165) is 10.7 Å². The van der Waals surface area contributed by atoms with Gasteiger partial charge in [0.15, 0.2) is 0 Å². The van der Waals surface area contributed by atoms with Crippen molar-refractivity contribution < 1.29 is 0 Å². The third-order valence-electron chi connectivity index (χ3n) is 1.23. The minimum absolute atomic E-state index is 0.833. The average molecular weight is 284 g/mol. The summed E-state index contributed by atoms with van der Waals surface area (Å²) in [7, 11) is 0. The molecule has 0 N–H and O–H groups in total. The smallest absolute Gasteiger partial charge is 0.123 e. The molecule has 0 amide bonds. The second-order valence-corrected chi connectivity index (χ2v) is 4.44. The van der Waals surface area contributed by atoms with Gasteiger partial charge in [0.25, 0.3) is 0 Å². The Hall–Kier alpha value is -0.890. The molecule has 2 rings (SSSR count). The fourth-order valence-electron chi connectivity index (χ4n) is 0.800. The van der Waals surface area contributed by atoms with Gasteiger partial charge in [-0.2, -0.15) is 0 Å². The Labute approximate surface area is 125 Å². The van der Waals surface area contributed by atoms with Crippen molar-refractivity contribution in [3.8, 4) is 0 Å². The Morgan fingerprint density at radius 1 is 0.895 bits per heavy atom. The lowest BCUT2D eigenvalue weighted by atomic mass is 10.3. The van der Waals surface area contributed by atoms with Crippen molar-refractivity contribution in [2.75, 3.05) is 0 Å². The molecule has 0 bridgehead atoms. The van der Waals surface area contributed by atoms with Crippen molar-refractivity contribution in [1.82, 2.24) is 4.98 Å². The third-order valence-corrected chi connectivity index (χ3v) is 2.06. The number of fused-ring (bicyclic) bond motifs is 1. The number of aromatic nitrogens is 1. The molecule has 2 aromatic heterocycles. The summed E-state index contributed by atoms with van der Waals surface area (Å²) in [6, 6.07) is 6.10. The normalized spacial score (nSPS) is 7.68. The number of nitrogens with zero attached hydrogens (tertiary/aromatic N) is 1. The minimum atomic E-state index is 0.833. The van der Waals surface area contributed by atoms with Crippen LogP contribution >= 0.6 is 11.3 Å². The first-order chi connectivity index (χ1) is 9.20. The molecule has 0 radical (unpaired) electrons. The van der Waals surface area contributed by atoms with Gasteiger partial charge < -0.3 is 0 Å². The average Bonchev–Trinajstić information content (AvgIpc) is 2.93. The molecule has 0 saturated carbocycles. The lowest BCUT2D eigenvalue weighted by Gasteiger charge is -1.81. The first-order valence-corrected chi connectivity index (χ1v) is 8.36. The lowest BCUT2D eigenvalue weighted by molar-refractivity contribution is 0.737. The van der Waals surface area contributed by atoms with E-state index in [-0.39, 0.29) is 0 Å². The fourth-order valence-corrected chi connectivity index (χ4v) is 1.54. The van der Waals surface area contributed by atoms with E-state index in [1.807, 2.05) is 53.8 Å². The van der Waals surface area contributed by atoms with Gasteiger partial charge >= 0.3 is 0 Å². The van der Waals surface area contributed by atoms with Crippen LogP contribution in [0.3, 0.4) is 0 Å². The van der Waals surface area contributed by atoms with E-state index in [1.54, 1.807) is 11.3 Å². The molecule has 0 aliphatic rings. The van der Waals surface area contributed by atoms with Crippen LogP contribution in [0.25, 0.3) is 10.2 Å². The first kappa shape index (κ1) is 23.2. The summed E-state index contributed by atoms with van der Waals surface area (Å²) in [5.74, 6) is 0.833.